The van der Waals surface area contributed by atoms with Gasteiger partial charge in [-0.2, -0.15) is 0 Å². The Labute approximate surface area is 128 Å². The van der Waals surface area contributed by atoms with Gasteiger partial charge < -0.3 is 29.3 Å². The summed E-state index contributed by atoms with van der Waals surface area (Å²) in [6, 6.07) is 0. The van der Waals surface area contributed by atoms with Gasteiger partial charge in [-0.15, -0.1) is 0 Å². The first-order valence-electron chi connectivity index (χ1n) is 4.99. The predicted molar refractivity (Wildman–Crippen MR) is 52.8 cm³/mol. The summed E-state index contributed by atoms with van der Waals surface area (Å²) < 4.78 is 7.56. The molecular weight excluding hydrogens is 344 g/mol. The van der Waals surface area contributed by atoms with E-state index in [-0.39, 0.29) is 42.9 Å². The summed E-state index contributed by atoms with van der Waals surface area (Å²) in [7, 11) is 0. The van der Waals surface area contributed by atoms with Gasteiger partial charge in [-0.1, -0.05) is 0 Å². The summed E-state index contributed by atoms with van der Waals surface area (Å²) >= 11 is 0. The van der Waals surface area contributed by atoms with E-state index in [4.69, 9.17) is 0 Å². The molecule has 121 valence electrons. The Balaban J connectivity index is -0.000000295. The second-order valence-electron chi connectivity index (χ2n) is 2.92. The first-order chi connectivity index (χ1) is 9.33. The maximum absolute atomic E-state index is 10.2. The van der Waals surface area contributed by atoms with Crippen LogP contribution in [0.2, 0.25) is 0 Å². The molecule has 11 heteroatoms. The quantitative estimate of drug-likeness (QED) is 0.184. The fourth-order valence-corrected chi connectivity index (χ4v) is 0.633. The molecule has 0 saturated heterocycles. The Bertz CT molecular complexity index is 342. The van der Waals surface area contributed by atoms with Gasteiger partial charge in [-0.05, 0) is 12.8 Å². The molecular formula is C10H10CuO10. The number of carbonyl (C=O) groups excluding carboxylic acids is 6. The van der Waals surface area contributed by atoms with Crippen molar-refractivity contribution in [2.45, 2.75) is 25.7 Å². The fourth-order valence-electron chi connectivity index (χ4n) is 0.633. The Kier molecular flexibility index (Phi) is 17.9. The van der Waals surface area contributed by atoms with Gasteiger partial charge in [0.15, 0.2) is 0 Å². The first-order valence-corrected chi connectivity index (χ1v) is 4.99. The zero-order valence-electron chi connectivity index (χ0n) is 10.4. The number of hydrogen-bond acceptors (Lipinski definition) is 10. The van der Waals surface area contributed by atoms with Crippen molar-refractivity contribution in [2.75, 3.05) is 0 Å². The van der Waals surface area contributed by atoms with Crippen molar-refractivity contribution in [1.29, 1.82) is 0 Å². The third-order valence-electron chi connectivity index (χ3n) is 1.43. The van der Waals surface area contributed by atoms with E-state index in [0.29, 0.717) is 0 Å². The standard InChI is InChI=1S/2C5H6O5.Cu/c2*6-3-10-5(9)2-1-4(7)8;/h2*3H,1-2H2,(H,7,8);/q;;+2/p-2. The molecule has 0 aromatic heterocycles. The number of rotatable bonds is 8. The number of hydrogen-bond donors (Lipinski definition) is 0. The first kappa shape index (κ1) is 23.8. The Morgan fingerprint density at radius 2 is 1.00 bits per heavy atom. The molecule has 1 radical (unpaired) electrons. The van der Waals surface area contributed by atoms with E-state index in [0.717, 1.165) is 0 Å². The number of esters is 2. The molecule has 0 heterocycles. The number of aliphatic carboxylic acids is 2. The minimum Gasteiger partial charge on any atom is -0.550 e. The van der Waals surface area contributed by atoms with Crippen LogP contribution in [0.1, 0.15) is 25.7 Å². The van der Waals surface area contributed by atoms with Crippen LogP contribution < -0.4 is 10.2 Å². The van der Waals surface area contributed by atoms with Gasteiger partial charge in [0.2, 0.25) is 0 Å². The van der Waals surface area contributed by atoms with Crippen molar-refractivity contribution in [3.63, 3.8) is 0 Å². The maximum atomic E-state index is 10.2. The average Bonchev–Trinajstić information content (AvgIpc) is 2.35. The molecule has 21 heavy (non-hydrogen) atoms. The molecule has 0 unspecified atom stereocenters. The van der Waals surface area contributed by atoms with Crippen LogP contribution in [0.5, 0.6) is 0 Å². The zero-order valence-corrected chi connectivity index (χ0v) is 11.3. The minimum atomic E-state index is -1.34. The molecule has 0 aromatic rings. The van der Waals surface area contributed by atoms with Crippen LogP contribution in [0.4, 0.5) is 0 Å². The smallest absolute Gasteiger partial charge is 0.550 e. The summed E-state index contributed by atoms with van der Waals surface area (Å²) in [4.78, 5) is 58.7. The van der Waals surface area contributed by atoms with Crippen LogP contribution in [-0.4, -0.2) is 36.8 Å². The number of carbonyl (C=O) groups is 6. The number of carboxylic acid groups (broad SMARTS) is 2. The van der Waals surface area contributed by atoms with Gasteiger partial charge in [0.1, 0.15) is 0 Å². The van der Waals surface area contributed by atoms with Gasteiger partial charge in [-0.25, -0.2) is 0 Å². The maximum Gasteiger partial charge on any atom is 2.00 e. The molecule has 0 aromatic carbocycles. The Morgan fingerprint density at radius 3 is 1.19 bits per heavy atom. The molecule has 0 fully saturated rings. The van der Waals surface area contributed by atoms with Crippen LogP contribution in [0, 0.1) is 0 Å². The van der Waals surface area contributed by atoms with Crippen molar-refractivity contribution in [3.05, 3.63) is 0 Å². The second kappa shape index (κ2) is 15.8. The van der Waals surface area contributed by atoms with Crippen molar-refractivity contribution in [2.24, 2.45) is 0 Å². The van der Waals surface area contributed by atoms with Gasteiger partial charge in [0.05, 0.1) is 12.8 Å². The van der Waals surface area contributed by atoms with Crippen molar-refractivity contribution in [1.82, 2.24) is 0 Å². The largest absolute Gasteiger partial charge is 2.00 e. The summed E-state index contributed by atoms with van der Waals surface area (Å²) in [5.74, 6) is -4.41. The predicted octanol–water partition coefficient (Wildman–Crippen LogP) is -3.57. The zero-order chi connectivity index (χ0) is 16.0. The molecule has 0 atom stereocenters. The Hall–Kier alpha value is -2.26. The third kappa shape index (κ3) is 23.3. The minimum absolute atomic E-state index is 0. The third-order valence-corrected chi connectivity index (χ3v) is 1.43. The van der Waals surface area contributed by atoms with E-state index in [1.165, 1.54) is 0 Å². The van der Waals surface area contributed by atoms with E-state index in [9.17, 15) is 39.0 Å². The molecule has 0 spiro atoms. The number of carboxylic acids is 2. The molecule has 0 aliphatic rings. The van der Waals surface area contributed by atoms with Gasteiger partial charge in [0, 0.05) is 11.9 Å². The molecule has 0 aliphatic carbocycles. The van der Waals surface area contributed by atoms with Crippen LogP contribution in [-0.2, 0) is 55.3 Å². The van der Waals surface area contributed by atoms with Crippen molar-refractivity contribution >= 4 is 36.8 Å². The SMILES string of the molecule is O=COC(=O)CCC(=O)[O-].O=COC(=O)CCC(=O)[O-].[Cu+2]. The summed E-state index contributed by atoms with van der Waals surface area (Å²) in [6.45, 7) is -0.0881. The number of ether oxygens (including phenoxy) is 2. The fraction of sp³-hybridized carbons (Fsp3) is 0.400. The van der Waals surface area contributed by atoms with Crippen LogP contribution in [0.3, 0.4) is 0 Å². The monoisotopic (exact) mass is 353 g/mol. The normalized spacial score (nSPS) is 8.00. The molecule has 0 saturated carbocycles. The van der Waals surface area contributed by atoms with E-state index < -0.39 is 36.7 Å². The summed E-state index contributed by atoms with van der Waals surface area (Å²) in [5.41, 5.74) is 0. The van der Waals surface area contributed by atoms with Crippen LogP contribution in [0.15, 0.2) is 0 Å². The summed E-state index contributed by atoms with van der Waals surface area (Å²) in [5, 5.41) is 19.4. The topological polar surface area (TPSA) is 167 Å². The molecule has 0 bridgehead atoms. The molecule has 0 aliphatic heterocycles. The van der Waals surface area contributed by atoms with Gasteiger partial charge in [0.25, 0.3) is 0 Å². The van der Waals surface area contributed by atoms with Crippen LogP contribution >= 0.6 is 0 Å². The van der Waals surface area contributed by atoms with Gasteiger partial charge in [-0.3, -0.25) is 19.2 Å². The molecule has 0 amide bonds. The average molecular weight is 354 g/mol. The molecule has 0 rings (SSSR count). The summed E-state index contributed by atoms with van der Waals surface area (Å²) in [6.07, 6.45) is -1.51. The second-order valence-corrected chi connectivity index (χ2v) is 2.92. The van der Waals surface area contributed by atoms with E-state index in [2.05, 4.69) is 9.47 Å². The van der Waals surface area contributed by atoms with Crippen molar-refractivity contribution in [3.8, 4) is 0 Å². The van der Waals surface area contributed by atoms with Gasteiger partial charge >= 0.3 is 42.0 Å². The molecule has 10 nitrogen and oxygen atoms in total. The van der Waals surface area contributed by atoms with E-state index >= 15 is 0 Å². The van der Waals surface area contributed by atoms with E-state index in [1.807, 2.05) is 0 Å². The molecule has 0 N–H and O–H groups in total. The van der Waals surface area contributed by atoms with E-state index in [1.54, 1.807) is 0 Å². The van der Waals surface area contributed by atoms with Crippen molar-refractivity contribution < 1.29 is 65.5 Å². The van der Waals surface area contributed by atoms with Crippen LogP contribution in [0.25, 0.3) is 0 Å². The Morgan fingerprint density at radius 1 is 0.714 bits per heavy atom.